The number of rotatable bonds is 10. The first kappa shape index (κ1) is 18.0. The van der Waals surface area contributed by atoms with Gasteiger partial charge < -0.3 is 9.47 Å². The molecule has 20 heavy (non-hydrogen) atoms. The first-order valence-corrected chi connectivity index (χ1v) is 8.84. The smallest absolute Gasteiger partial charge is 0.0500 e. The summed E-state index contributed by atoms with van der Waals surface area (Å²) in [5.41, 5.74) is 0. The van der Waals surface area contributed by atoms with E-state index in [1.807, 2.05) is 0 Å². The number of hydrogen-bond donors (Lipinski definition) is 0. The Labute approximate surface area is 126 Å². The van der Waals surface area contributed by atoms with E-state index in [-0.39, 0.29) is 0 Å². The molecular formula is C18H36O2. The van der Waals surface area contributed by atoms with Crippen molar-refractivity contribution >= 4 is 0 Å². The van der Waals surface area contributed by atoms with Crippen molar-refractivity contribution in [3.63, 3.8) is 0 Å². The van der Waals surface area contributed by atoms with E-state index in [4.69, 9.17) is 9.47 Å². The Kier molecular flexibility index (Phi) is 9.54. The van der Waals surface area contributed by atoms with Gasteiger partial charge >= 0.3 is 0 Å². The molecule has 0 radical (unpaired) electrons. The van der Waals surface area contributed by atoms with Crippen LogP contribution in [-0.4, -0.2) is 26.4 Å². The highest BCUT2D eigenvalue weighted by atomic mass is 16.5. The molecule has 0 spiro atoms. The van der Waals surface area contributed by atoms with Crippen molar-refractivity contribution in [2.75, 3.05) is 26.4 Å². The van der Waals surface area contributed by atoms with E-state index in [2.05, 4.69) is 27.7 Å². The highest BCUT2D eigenvalue weighted by Crippen LogP contribution is 2.38. The molecule has 0 aliphatic heterocycles. The van der Waals surface area contributed by atoms with E-state index in [9.17, 15) is 0 Å². The largest absolute Gasteiger partial charge is 0.381 e. The second-order valence-electron chi connectivity index (χ2n) is 6.83. The lowest BCUT2D eigenvalue weighted by Gasteiger charge is -2.39. The molecule has 1 rings (SSSR count). The topological polar surface area (TPSA) is 18.5 Å². The maximum absolute atomic E-state index is 5.92. The van der Waals surface area contributed by atoms with Crippen LogP contribution in [0.5, 0.6) is 0 Å². The van der Waals surface area contributed by atoms with Crippen LogP contribution in [0.2, 0.25) is 0 Å². The molecule has 0 saturated heterocycles. The van der Waals surface area contributed by atoms with Crippen molar-refractivity contribution in [3.05, 3.63) is 0 Å². The Morgan fingerprint density at radius 2 is 1.45 bits per heavy atom. The van der Waals surface area contributed by atoms with Gasteiger partial charge in [0.25, 0.3) is 0 Å². The maximum atomic E-state index is 5.92. The van der Waals surface area contributed by atoms with E-state index in [0.717, 1.165) is 38.3 Å². The normalized spacial score (nSPS) is 30.6. The molecule has 1 saturated carbocycles. The summed E-state index contributed by atoms with van der Waals surface area (Å²) >= 11 is 0. The third-order valence-electron chi connectivity index (χ3n) is 4.74. The number of unbranched alkanes of at least 4 members (excludes halogenated alkanes) is 2. The lowest BCUT2D eigenvalue weighted by atomic mass is 9.69. The van der Waals surface area contributed by atoms with Crippen LogP contribution in [0.25, 0.3) is 0 Å². The number of ether oxygens (including phenoxy) is 2. The fraction of sp³-hybridized carbons (Fsp3) is 1.00. The summed E-state index contributed by atoms with van der Waals surface area (Å²) in [4.78, 5) is 0. The monoisotopic (exact) mass is 284 g/mol. The van der Waals surface area contributed by atoms with Crippen molar-refractivity contribution in [1.82, 2.24) is 0 Å². The first-order chi connectivity index (χ1) is 9.69. The van der Waals surface area contributed by atoms with Gasteiger partial charge in [-0.05, 0) is 49.4 Å². The molecule has 1 aliphatic carbocycles. The molecular weight excluding hydrogens is 248 g/mol. The van der Waals surface area contributed by atoms with Crippen LogP contribution in [0, 0.1) is 23.7 Å². The first-order valence-electron chi connectivity index (χ1n) is 8.84. The fourth-order valence-electron chi connectivity index (χ4n) is 3.50. The van der Waals surface area contributed by atoms with Crippen LogP contribution >= 0.6 is 0 Å². The summed E-state index contributed by atoms with van der Waals surface area (Å²) in [7, 11) is 0. The lowest BCUT2D eigenvalue weighted by molar-refractivity contribution is -0.0201. The third-order valence-corrected chi connectivity index (χ3v) is 4.74. The van der Waals surface area contributed by atoms with Crippen LogP contribution < -0.4 is 0 Å². The zero-order valence-electron chi connectivity index (χ0n) is 14.2. The van der Waals surface area contributed by atoms with Gasteiger partial charge in [-0.3, -0.25) is 0 Å². The molecule has 0 bridgehead atoms. The molecule has 0 heterocycles. The summed E-state index contributed by atoms with van der Waals surface area (Å²) in [6.07, 6.45) is 7.50. The Balaban J connectivity index is 2.37. The van der Waals surface area contributed by atoms with Crippen molar-refractivity contribution < 1.29 is 9.47 Å². The summed E-state index contributed by atoms with van der Waals surface area (Å²) < 4.78 is 11.8. The molecule has 0 aromatic carbocycles. The predicted octanol–water partition coefficient (Wildman–Crippen LogP) is 4.92. The Morgan fingerprint density at radius 3 is 2.05 bits per heavy atom. The van der Waals surface area contributed by atoms with Crippen molar-refractivity contribution in [2.24, 2.45) is 23.7 Å². The van der Waals surface area contributed by atoms with Gasteiger partial charge in [0.1, 0.15) is 0 Å². The van der Waals surface area contributed by atoms with Gasteiger partial charge in [-0.2, -0.15) is 0 Å². The van der Waals surface area contributed by atoms with Crippen molar-refractivity contribution in [2.45, 2.75) is 66.2 Å². The molecule has 120 valence electrons. The van der Waals surface area contributed by atoms with E-state index in [1.54, 1.807) is 0 Å². The fourth-order valence-corrected chi connectivity index (χ4v) is 3.50. The van der Waals surface area contributed by atoms with Crippen LogP contribution in [0.1, 0.15) is 66.2 Å². The SMILES string of the molecule is CCCCOCC1CC(C)CC(C)C1COCCCC. The third kappa shape index (κ3) is 6.58. The minimum absolute atomic E-state index is 0.699. The molecule has 0 N–H and O–H groups in total. The molecule has 2 heteroatoms. The molecule has 1 aliphatic rings. The van der Waals surface area contributed by atoms with Gasteiger partial charge in [0, 0.05) is 26.4 Å². The minimum Gasteiger partial charge on any atom is -0.381 e. The predicted molar refractivity (Wildman–Crippen MR) is 86.0 cm³/mol. The van der Waals surface area contributed by atoms with Crippen LogP contribution in [0.15, 0.2) is 0 Å². The lowest BCUT2D eigenvalue weighted by Crippen LogP contribution is -2.36. The van der Waals surface area contributed by atoms with E-state index in [0.29, 0.717) is 11.8 Å². The highest BCUT2D eigenvalue weighted by Gasteiger charge is 2.34. The molecule has 4 unspecified atom stereocenters. The van der Waals surface area contributed by atoms with Gasteiger partial charge in [-0.1, -0.05) is 40.5 Å². The summed E-state index contributed by atoms with van der Waals surface area (Å²) in [6, 6.07) is 0. The van der Waals surface area contributed by atoms with Crippen LogP contribution in [0.4, 0.5) is 0 Å². The standard InChI is InChI=1S/C18H36O2/c1-5-7-9-19-13-17-12-15(3)11-16(4)18(17)14-20-10-8-6-2/h15-18H,5-14H2,1-4H3. The second-order valence-corrected chi connectivity index (χ2v) is 6.83. The number of hydrogen-bond acceptors (Lipinski definition) is 2. The Hall–Kier alpha value is -0.0800. The second kappa shape index (κ2) is 10.6. The van der Waals surface area contributed by atoms with Gasteiger partial charge in [-0.15, -0.1) is 0 Å². The summed E-state index contributed by atoms with van der Waals surface area (Å²) in [6.45, 7) is 13.0. The zero-order valence-corrected chi connectivity index (χ0v) is 14.2. The average Bonchev–Trinajstić information content (AvgIpc) is 2.41. The Morgan fingerprint density at radius 1 is 0.850 bits per heavy atom. The van der Waals surface area contributed by atoms with E-state index in [1.165, 1.54) is 38.5 Å². The van der Waals surface area contributed by atoms with Crippen molar-refractivity contribution in [1.29, 1.82) is 0 Å². The quantitative estimate of drug-likeness (QED) is 0.530. The molecule has 1 fully saturated rings. The van der Waals surface area contributed by atoms with Gasteiger partial charge in [-0.25, -0.2) is 0 Å². The maximum Gasteiger partial charge on any atom is 0.0500 e. The van der Waals surface area contributed by atoms with Gasteiger partial charge in [0.2, 0.25) is 0 Å². The average molecular weight is 284 g/mol. The molecule has 2 nitrogen and oxygen atoms in total. The summed E-state index contributed by atoms with van der Waals surface area (Å²) in [5.74, 6) is 3.02. The van der Waals surface area contributed by atoms with Gasteiger partial charge in [0.15, 0.2) is 0 Å². The van der Waals surface area contributed by atoms with E-state index < -0.39 is 0 Å². The van der Waals surface area contributed by atoms with Gasteiger partial charge in [0.05, 0.1) is 0 Å². The van der Waals surface area contributed by atoms with Crippen molar-refractivity contribution in [3.8, 4) is 0 Å². The molecule has 0 aromatic rings. The highest BCUT2D eigenvalue weighted by molar-refractivity contribution is 4.83. The molecule has 4 atom stereocenters. The zero-order chi connectivity index (χ0) is 14.8. The Bertz CT molecular complexity index is 229. The van der Waals surface area contributed by atoms with Crippen LogP contribution in [-0.2, 0) is 9.47 Å². The minimum atomic E-state index is 0.699. The summed E-state index contributed by atoms with van der Waals surface area (Å²) in [5, 5.41) is 0. The molecule has 0 aromatic heterocycles. The van der Waals surface area contributed by atoms with Crippen LogP contribution in [0.3, 0.4) is 0 Å². The molecule has 0 amide bonds. The van der Waals surface area contributed by atoms with E-state index >= 15 is 0 Å².